The summed E-state index contributed by atoms with van der Waals surface area (Å²) in [4.78, 5) is 0. The molecule has 0 fully saturated rings. The maximum absolute atomic E-state index is 5.20. The molecule has 0 radical (unpaired) electrons. The molecule has 5 aromatic rings. The van der Waals surface area contributed by atoms with Gasteiger partial charge in [0.1, 0.15) is 11.6 Å². The highest BCUT2D eigenvalue weighted by Crippen LogP contribution is 2.21. The Bertz CT molecular complexity index is 1240. The standard InChI is InChI=1S/C20H17N7OS/c1-28-17-4-2-16(3-5-17)26-10-8-15(24-26)12-21-18-6-7-19-22-23-20(27(19)25-18)14-9-11-29-13-14/h2-11,13H,12H2,1H3,(H,21,25). The van der Waals surface area contributed by atoms with Crippen LogP contribution < -0.4 is 10.1 Å². The molecule has 0 aliphatic carbocycles. The third-order valence-electron chi connectivity index (χ3n) is 4.47. The van der Waals surface area contributed by atoms with Crippen molar-refractivity contribution in [2.75, 3.05) is 12.4 Å². The van der Waals surface area contributed by atoms with E-state index in [0.717, 1.165) is 34.3 Å². The molecule has 0 spiro atoms. The lowest BCUT2D eigenvalue weighted by Crippen LogP contribution is -2.06. The summed E-state index contributed by atoms with van der Waals surface area (Å²) in [7, 11) is 1.65. The number of methoxy groups -OCH3 is 1. The first kappa shape index (κ1) is 17.4. The maximum atomic E-state index is 5.20. The first-order valence-electron chi connectivity index (χ1n) is 8.98. The largest absolute Gasteiger partial charge is 0.497 e. The van der Waals surface area contributed by atoms with Crippen molar-refractivity contribution in [3.05, 3.63) is 71.2 Å². The predicted molar refractivity (Wildman–Crippen MR) is 112 cm³/mol. The van der Waals surface area contributed by atoms with Gasteiger partial charge in [0.05, 0.1) is 25.0 Å². The van der Waals surface area contributed by atoms with E-state index in [2.05, 4.69) is 25.7 Å². The van der Waals surface area contributed by atoms with E-state index in [1.54, 1.807) is 23.0 Å². The van der Waals surface area contributed by atoms with E-state index in [0.29, 0.717) is 12.2 Å². The van der Waals surface area contributed by atoms with Crippen LogP contribution in [0, 0.1) is 0 Å². The molecule has 1 N–H and O–H groups in total. The van der Waals surface area contributed by atoms with Crippen LogP contribution in [0.15, 0.2) is 65.5 Å². The number of aromatic nitrogens is 6. The van der Waals surface area contributed by atoms with Gasteiger partial charge in [0.2, 0.25) is 0 Å². The molecular formula is C20H17N7OS. The summed E-state index contributed by atoms with van der Waals surface area (Å²) in [5, 5.41) is 25.0. The molecule has 4 aromatic heterocycles. The fraction of sp³-hybridized carbons (Fsp3) is 0.100. The van der Waals surface area contributed by atoms with Crippen LogP contribution in [0.4, 0.5) is 5.82 Å². The van der Waals surface area contributed by atoms with Crippen LogP contribution in [-0.4, -0.2) is 36.7 Å². The van der Waals surface area contributed by atoms with Crippen molar-refractivity contribution >= 4 is 22.8 Å². The first-order chi connectivity index (χ1) is 14.3. The molecule has 0 saturated heterocycles. The fourth-order valence-corrected chi connectivity index (χ4v) is 3.61. The monoisotopic (exact) mass is 403 g/mol. The number of nitrogens with zero attached hydrogens (tertiary/aromatic N) is 6. The van der Waals surface area contributed by atoms with Gasteiger partial charge in [-0.1, -0.05) is 0 Å². The van der Waals surface area contributed by atoms with Crippen LogP contribution in [0.3, 0.4) is 0 Å². The van der Waals surface area contributed by atoms with Crippen molar-refractivity contribution in [3.8, 4) is 22.8 Å². The molecule has 0 aliphatic rings. The second kappa shape index (κ2) is 7.36. The van der Waals surface area contributed by atoms with Gasteiger partial charge in [-0.3, -0.25) is 0 Å². The normalized spacial score (nSPS) is 11.1. The fourth-order valence-electron chi connectivity index (χ4n) is 2.97. The number of nitrogens with one attached hydrogen (secondary N) is 1. The van der Waals surface area contributed by atoms with Crippen LogP contribution in [0.2, 0.25) is 0 Å². The number of thiophene rings is 1. The highest BCUT2D eigenvalue weighted by molar-refractivity contribution is 7.08. The van der Waals surface area contributed by atoms with Crippen LogP contribution in [-0.2, 0) is 6.54 Å². The molecule has 0 atom stereocenters. The summed E-state index contributed by atoms with van der Waals surface area (Å²) in [6.07, 6.45) is 1.93. The summed E-state index contributed by atoms with van der Waals surface area (Å²) >= 11 is 1.62. The Hall–Kier alpha value is -3.72. The number of hydrogen-bond donors (Lipinski definition) is 1. The molecule has 4 heterocycles. The van der Waals surface area contributed by atoms with Crippen LogP contribution >= 0.6 is 11.3 Å². The lowest BCUT2D eigenvalue weighted by molar-refractivity contribution is 0.414. The summed E-state index contributed by atoms with van der Waals surface area (Å²) in [6, 6.07) is 15.5. The molecule has 9 heteroatoms. The van der Waals surface area contributed by atoms with E-state index in [1.165, 1.54) is 0 Å². The van der Waals surface area contributed by atoms with Crippen LogP contribution in [0.25, 0.3) is 22.7 Å². The van der Waals surface area contributed by atoms with E-state index in [1.807, 2.05) is 70.2 Å². The molecule has 8 nitrogen and oxygen atoms in total. The molecule has 0 bridgehead atoms. The minimum absolute atomic E-state index is 0.553. The average Bonchev–Trinajstić information content (AvgIpc) is 3.52. The quantitative estimate of drug-likeness (QED) is 0.466. The van der Waals surface area contributed by atoms with Crippen molar-refractivity contribution in [1.82, 2.24) is 29.6 Å². The zero-order chi connectivity index (χ0) is 19.6. The Kier molecular flexibility index (Phi) is 4.41. The van der Waals surface area contributed by atoms with Crippen molar-refractivity contribution in [3.63, 3.8) is 0 Å². The van der Waals surface area contributed by atoms with Gasteiger partial charge in [0, 0.05) is 17.1 Å². The Labute approximate surface area is 170 Å². The summed E-state index contributed by atoms with van der Waals surface area (Å²) in [5.41, 5.74) is 3.59. The maximum Gasteiger partial charge on any atom is 0.186 e. The van der Waals surface area contributed by atoms with Crippen molar-refractivity contribution in [2.45, 2.75) is 6.54 Å². The lowest BCUT2D eigenvalue weighted by Gasteiger charge is -2.05. The van der Waals surface area contributed by atoms with E-state index < -0.39 is 0 Å². The van der Waals surface area contributed by atoms with Gasteiger partial charge >= 0.3 is 0 Å². The Morgan fingerprint density at radius 2 is 1.90 bits per heavy atom. The van der Waals surface area contributed by atoms with E-state index in [4.69, 9.17) is 4.74 Å². The van der Waals surface area contributed by atoms with Crippen molar-refractivity contribution in [2.24, 2.45) is 0 Å². The second-order valence-electron chi connectivity index (χ2n) is 6.33. The molecule has 5 rings (SSSR count). The number of rotatable bonds is 6. The van der Waals surface area contributed by atoms with Gasteiger partial charge in [-0.25, -0.2) is 4.68 Å². The van der Waals surface area contributed by atoms with Gasteiger partial charge in [0.25, 0.3) is 0 Å². The average molecular weight is 403 g/mol. The van der Waals surface area contributed by atoms with E-state index in [9.17, 15) is 0 Å². The molecule has 0 amide bonds. The predicted octanol–water partition coefficient (Wildman–Crippen LogP) is 3.66. The number of fused-ring (bicyclic) bond motifs is 1. The van der Waals surface area contributed by atoms with Crippen molar-refractivity contribution < 1.29 is 4.74 Å². The van der Waals surface area contributed by atoms with Crippen LogP contribution in [0.5, 0.6) is 5.75 Å². The van der Waals surface area contributed by atoms with Gasteiger partial charge in [-0.2, -0.15) is 21.0 Å². The molecule has 0 saturated carbocycles. The Balaban J connectivity index is 1.33. The third-order valence-corrected chi connectivity index (χ3v) is 5.16. The highest BCUT2D eigenvalue weighted by Gasteiger charge is 2.10. The topological polar surface area (TPSA) is 82.2 Å². The zero-order valence-corrected chi connectivity index (χ0v) is 16.4. The summed E-state index contributed by atoms with van der Waals surface area (Å²) in [5.74, 6) is 2.28. The van der Waals surface area contributed by atoms with Gasteiger partial charge in [-0.05, 0) is 53.9 Å². The minimum atomic E-state index is 0.553. The molecule has 29 heavy (non-hydrogen) atoms. The smallest absolute Gasteiger partial charge is 0.186 e. The Morgan fingerprint density at radius 3 is 2.69 bits per heavy atom. The number of anilines is 1. The molecule has 0 aliphatic heterocycles. The van der Waals surface area contributed by atoms with Gasteiger partial charge in [-0.15, -0.1) is 15.3 Å². The highest BCUT2D eigenvalue weighted by atomic mass is 32.1. The van der Waals surface area contributed by atoms with Crippen LogP contribution in [0.1, 0.15) is 5.69 Å². The zero-order valence-electron chi connectivity index (χ0n) is 15.6. The number of benzene rings is 1. The Morgan fingerprint density at radius 1 is 1.00 bits per heavy atom. The van der Waals surface area contributed by atoms with Gasteiger partial charge < -0.3 is 10.1 Å². The second-order valence-corrected chi connectivity index (χ2v) is 7.11. The van der Waals surface area contributed by atoms with Gasteiger partial charge in [0.15, 0.2) is 11.5 Å². The number of ether oxygens (including phenoxy) is 1. The number of hydrogen-bond acceptors (Lipinski definition) is 7. The van der Waals surface area contributed by atoms with E-state index in [-0.39, 0.29) is 0 Å². The SMILES string of the molecule is COc1ccc(-n2ccc(CNc3ccc4nnc(-c5ccsc5)n4n3)n2)cc1. The molecule has 144 valence electrons. The minimum Gasteiger partial charge on any atom is -0.497 e. The third kappa shape index (κ3) is 3.43. The summed E-state index contributed by atoms with van der Waals surface area (Å²) in [6.45, 7) is 0.553. The molecule has 0 unspecified atom stereocenters. The van der Waals surface area contributed by atoms with Crippen molar-refractivity contribution in [1.29, 1.82) is 0 Å². The van der Waals surface area contributed by atoms with E-state index >= 15 is 0 Å². The first-order valence-corrected chi connectivity index (χ1v) is 9.92. The summed E-state index contributed by atoms with van der Waals surface area (Å²) < 4.78 is 8.78. The molecule has 1 aromatic carbocycles. The molecular weight excluding hydrogens is 386 g/mol. The lowest BCUT2D eigenvalue weighted by atomic mass is 10.3.